The minimum Gasteiger partial charge on any atom is -0.744 e. The van der Waals surface area contributed by atoms with Gasteiger partial charge in [0.25, 0.3) is 0 Å². The van der Waals surface area contributed by atoms with Crippen LogP contribution in [-0.4, -0.2) is 31.0 Å². The molecule has 0 fully saturated rings. The Labute approximate surface area is 293 Å². The summed E-state index contributed by atoms with van der Waals surface area (Å²) in [5.74, 6) is 0. The maximum Gasteiger partial charge on any atom is 1.00 e. The van der Waals surface area contributed by atoms with Gasteiger partial charge >= 0.3 is 59.1 Å². The number of aliphatic hydroxyl groups is 1. The molecule has 5 rings (SSSR count). The molecule has 0 saturated carbocycles. The number of hydrogen-bond donors (Lipinski definition) is 3. The van der Waals surface area contributed by atoms with Crippen molar-refractivity contribution in [1.29, 1.82) is 0 Å². The van der Waals surface area contributed by atoms with Crippen LogP contribution in [-0.2, 0) is 26.8 Å². The average molecular weight is 653 g/mol. The van der Waals surface area contributed by atoms with Crippen LogP contribution < -0.4 is 91.5 Å². The molecule has 0 aromatic heterocycles. The number of aliphatic hydroxyl groups excluding tert-OH is 1. The zero-order valence-electron chi connectivity index (χ0n) is 23.1. The van der Waals surface area contributed by atoms with E-state index in [9.17, 15) is 40.6 Å². The number of anilines is 2. The van der Waals surface area contributed by atoms with Gasteiger partial charge in [0.2, 0.25) is 10.9 Å². The maximum absolute atomic E-state index is 13.2. The molecule has 17 heteroatoms. The SMILES string of the molecule is O=c1c(CO)cc(=NNc2ccc(S(=O)(=O)[O-])c3ccccc23)c(=O)c1=NNc1ccc(S(=O)(=O)[O-])c2ccccc12.[Na+].[Na+]. The van der Waals surface area contributed by atoms with Crippen molar-refractivity contribution in [2.24, 2.45) is 10.2 Å². The molecule has 5 aromatic carbocycles. The Balaban J connectivity index is 0.00000264. The first-order chi connectivity index (χ1) is 19.9. The molecule has 3 N–H and O–H groups in total. The van der Waals surface area contributed by atoms with E-state index < -0.39 is 52.8 Å². The third-order valence-electron chi connectivity index (χ3n) is 6.33. The van der Waals surface area contributed by atoms with Gasteiger partial charge < -0.3 is 14.2 Å². The molecule has 0 spiro atoms. The molecule has 44 heavy (non-hydrogen) atoms. The van der Waals surface area contributed by atoms with Crippen LogP contribution in [0.2, 0.25) is 0 Å². The molecule has 13 nitrogen and oxygen atoms in total. The summed E-state index contributed by atoms with van der Waals surface area (Å²) in [6, 6.07) is 18.0. The van der Waals surface area contributed by atoms with E-state index in [1.807, 2.05) is 0 Å². The van der Waals surface area contributed by atoms with Gasteiger partial charge in [-0.2, -0.15) is 10.2 Å². The van der Waals surface area contributed by atoms with Gasteiger partial charge in [-0.15, -0.1) is 0 Å². The monoisotopic (exact) mass is 652 g/mol. The third kappa shape index (κ3) is 7.19. The van der Waals surface area contributed by atoms with Crippen LogP contribution >= 0.6 is 0 Å². The smallest absolute Gasteiger partial charge is 0.744 e. The normalized spacial score (nSPS) is 12.5. The van der Waals surface area contributed by atoms with Gasteiger partial charge in [0.1, 0.15) is 25.6 Å². The predicted molar refractivity (Wildman–Crippen MR) is 149 cm³/mol. The fraction of sp³-hybridized carbons (Fsp3) is 0.0370. The van der Waals surface area contributed by atoms with Crippen molar-refractivity contribution in [2.75, 3.05) is 10.9 Å². The van der Waals surface area contributed by atoms with Crippen LogP contribution in [0.4, 0.5) is 11.4 Å². The standard InChI is InChI=1S/C27H20N4O9S2.2Na/c32-14-15-13-22(30-28-20-9-11-23(41(35,36)37)18-7-3-1-5-16(18)20)27(34)25(26(15)33)31-29-21-10-12-24(42(38,39)40)19-8-4-2-6-17(19)21;;/h1-13,28-29,32H,14H2,(H,35,36,37)(H,38,39,40);;/q;2*+1/p-2. The van der Waals surface area contributed by atoms with Crippen molar-refractivity contribution in [1.82, 2.24) is 0 Å². The van der Waals surface area contributed by atoms with Crippen molar-refractivity contribution < 1.29 is 90.2 Å². The maximum atomic E-state index is 13.2. The van der Waals surface area contributed by atoms with E-state index in [2.05, 4.69) is 21.1 Å². The Bertz CT molecular complexity index is 2360. The molecule has 214 valence electrons. The van der Waals surface area contributed by atoms with Gasteiger partial charge in [-0.25, -0.2) is 16.8 Å². The van der Waals surface area contributed by atoms with Crippen molar-refractivity contribution in [2.45, 2.75) is 16.4 Å². The largest absolute Gasteiger partial charge is 1.00 e. The van der Waals surface area contributed by atoms with Crippen LogP contribution in [0.3, 0.4) is 0 Å². The second-order valence-corrected chi connectivity index (χ2v) is 11.6. The molecular formula is C27H18N4Na2O9S2. The van der Waals surface area contributed by atoms with E-state index in [4.69, 9.17) is 0 Å². The van der Waals surface area contributed by atoms with Gasteiger partial charge in [0, 0.05) is 27.1 Å². The van der Waals surface area contributed by atoms with Gasteiger partial charge in [-0.1, -0.05) is 48.5 Å². The van der Waals surface area contributed by atoms with Gasteiger partial charge in [-0.3, -0.25) is 20.4 Å². The summed E-state index contributed by atoms with van der Waals surface area (Å²) >= 11 is 0. The van der Waals surface area contributed by atoms with Crippen molar-refractivity contribution in [3.05, 3.63) is 116 Å². The molecule has 0 aliphatic rings. The molecule has 0 atom stereocenters. The first-order valence-corrected chi connectivity index (χ1v) is 14.8. The number of benzene rings is 5. The van der Waals surface area contributed by atoms with E-state index in [1.165, 1.54) is 42.5 Å². The Morgan fingerprint density at radius 2 is 1.07 bits per heavy atom. The van der Waals surface area contributed by atoms with Crippen LogP contribution in [0.25, 0.3) is 21.5 Å². The van der Waals surface area contributed by atoms with Crippen molar-refractivity contribution in [3.63, 3.8) is 0 Å². The number of nitrogens with one attached hydrogen (secondary N) is 2. The number of hydrogen-bond acceptors (Lipinski definition) is 13. The number of rotatable bonds is 7. The molecular weight excluding hydrogens is 634 g/mol. The first kappa shape index (κ1) is 35.7. The molecule has 5 aromatic rings. The summed E-state index contributed by atoms with van der Waals surface area (Å²) in [6.07, 6.45) is 0. The van der Waals surface area contributed by atoms with E-state index in [-0.39, 0.29) is 97.6 Å². The predicted octanol–water partition coefficient (Wildman–Crippen LogP) is -5.25. The minimum absolute atomic E-state index is 0. The molecule has 0 aliphatic heterocycles. The molecule has 0 aliphatic carbocycles. The van der Waals surface area contributed by atoms with Gasteiger partial charge in [0.15, 0.2) is 5.36 Å². The fourth-order valence-corrected chi connectivity index (χ4v) is 5.75. The molecule has 0 heterocycles. The number of nitrogens with zero attached hydrogens (tertiary/aromatic N) is 2. The molecule has 0 radical (unpaired) electrons. The number of fused-ring (bicyclic) bond motifs is 2. The van der Waals surface area contributed by atoms with Crippen molar-refractivity contribution in [3.8, 4) is 0 Å². The summed E-state index contributed by atoms with van der Waals surface area (Å²) in [4.78, 5) is 25.2. The van der Waals surface area contributed by atoms with Crippen LogP contribution in [0.5, 0.6) is 0 Å². The average Bonchev–Trinajstić information content (AvgIpc) is 2.95. The van der Waals surface area contributed by atoms with E-state index in [0.29, 0.717) is 5.39 Å². The summed E-state index contributed by atoms with van der Waals surface area (Å²) < 4.78 is 70.0. The van der Waals surface area contributed by atoms with E-state index >= 15 is 0 Å². The molecule has 0 bridgehead atoms. The Morgan fingerprint density at radius 1 is 0.636 bits per heavy atom. The van der Waals surface area contributed by atoms with E-state index in [0.717, 1.165) is 18.2 Å². The van der Waals surface area contributed by atoms with Crippen molar-refractivity contribution >= 4 is 53.2 Å². The van der Waals surface area contributed by atoms with Crippen LogP contribution in [0.15, 0.2) is 108 Å². The van der Waals surface area contributed by atoms with Gasteiger partial charge in [0.05, 0.1) is 27.8 Å². The van der Waals surface area contributed by atoms with E-state index in [1.54, 1.807) is 18.2 Å². The second kappa shape index (κ2) is 14.1. The molecule has 0 unspecified atom stereocenters. The minimum atomic E-state index is -4.80. The second-order valence-electron chi connectivity index (χ2n) is 8.89. The zero-order chi connectivity index (χ0) is 30.2. The Morgan fingerprint density at radius 3 is 1.50 bits per heavy atom. The summed E-state index contributed by atoms with van der Waals surface area (Å²) in [5, 5.41) is 17.6. The molecule has 0 amide bonds. The van der Waals surface area contributed by atoms with Crippen LogP contribution in [0.1, 0.15) is 5.56 Å². The Kier molecular flexibility index (Phi) is 11.4. The Hall–Kier alpha value is -2.80. The summed E-state index contributed by atoms with van der Waals surface area (Å²) in [5.41, 5.74) is 3.61. The fourth-order valence-electron chi connectivity index (χ4n) is 4.39. The zero-order valence-corrected chi connectivity index (χ0v) is 28.8. The summed E-state index contributed by atoms with van der Waals surface area (Å²) in [6.45, 7) is -0.748. The third-order valence-corrected chi connectivity index (χ3v) is 8.12. The summed E-state index contributed by atoms with van der Waals surface area (Å²) in [7, 11) is -9.57. The first-order valence-electron chi connectivity index (χ1n) is 11.9. The van der Waals surface area contributed by atoms with Gasteiger partial charge in [-0.05, 0) is 30.3 Å². The topological polar surface area (TPSA) is 218 Å². The molecule has 0 saturated heterocycles. The quantitative estimate of drug-likeness (QED) is 0.0857. The van der Waals surface area contributed by atoms with Crippen LogP contribution in [0, 0.1) is 0 Å².